The molecule has 1 N–H and O–H groups in total. The Kier molecular flexibility index (Phi) is 4.95. The number of rotatable bonds is 2. The van der Waals surface area contributed by atoms with Gasteiger partial charge in [-0.15, -0.1) is 11.3 Å². The number of nitrogens with one attached hydrogen (secondary N) is 1. The number of carbonyl (C=O) groups is 1. The van der Waals surface area contributed by atoms with E-state index < -0.39 is 0 Å². The molecule has 0 bridgehead atoms. The molecule has 1 atom stereocenters. The first-order valence-electron chi connectivity index (χ1n) is 9.61. The van der Waals surface area contributed by atoms with Crippen molar-refractivity contribution < 1.29 is 9.53 Å². The molecule has 1 saturated heterocycles. The van der Waals surface area contributed by atoms with Crippen molar-refractivity contribution in [3.05, 3.63) is 46.0 Å². The summed E-state index contributed by atoms with van der Waals surface area (Å²) in [4.78, 5) is 20.7. The lowest BCUT2D eigenvalue weighted by Crippen LogP contribution is -2.36. The van der Waals surface area contributed by atoms with E-state index in [2.05, 4.69) is 55.3 Å². The molecule has 0 spiro atoms. The highest BCUT2D eigenvalue weighted by Gasteiger charge is 2.29. The van der Waals surface area contributed by atoms with Crippen LogP contribution in [0.5, 0.6) is 0 Å². The fourth-order valence-electron chi connectivity index (χ4n) is 3.66. The summed E-state index contributed by atoms with van der Waals surface area (Å²) < 4.78 is 5.46. The number of morpholine rings is 1. The Bertz CT molecular complexity index is 817. The van der Waals surface area contributed by atoms with Crippen LogP contribution in [0.3, 0.4) is 0 Å². The van der Waals surface area contributed by atoms with Crippen LogP contribution in [-0.4, -0.2) is 37.2 Å². The molecule has 144 valence electrons. The van der Waals surface area contributed by atoms with Gasteiger partial charge < -0.3 is 15.0 Å². The number of hydrogen-bond acceptors (Lipinski definition) is 5. The monoisotopic (exact) mass is 385 g/mol. The maximum absolute atomic E-state index is 12.3. The topological polar surface area (TPSA) is 54.5 Å². The highest BCUT2D eigenvalue weighted by molar-refractivity contribution is 7.15. The second kappa shape index (κ2) is 7.24. The molecule has 3 heterocycles. The zero-order valence-electron chi connectivity index (χ0n) is 16.2. The lowest BCUT2D eigenvalue weighted by atomic mass is 9.85. The van der Waals surface area contributed by atoms with Gasteiger partial charge >= 0.3 is 0 Å². The molecule has 0 radical (unpaired) electrons. The predicted octanol–water partition coefficient (Wildman–Crippen LogP) is 3.43. The SMILES string of the molecule is CC(C)(C)c1ccc(C2CC(=O)NCc3nc(N4CCOCC4)sc32)cc1. The second-order valence-corrected chi connectivity index (χ2v) is 9.32. The molecule has 27 heavy (non-hydrogen) atoms. The van der Waals surface area contributed by atoms with Crippen molar-refractivity contribution in [2.75, 3.05) is 31.2 Å². The zero-order chi connectivity index (χ0) is 19.0. The van der Waals surface area contributed by atoms with Gasteiger partial charge in [0.1, 0.15) is 0 Å². The van der Waals surface area contributed by atoms with Crippen LogP contribution < -0.4 is 10.2 Å². The van der Waals surface area contributed by atoms with Gasteiger partial charge in [-0.25, -0.2) is 4.98 Å². The van der Waals surface area contributed by atoms with E-state index >= 15 is 0 Å². The molecular weight excluding hydrogens is 358 g/mol. The normalized spacial score (nSPS) is 20.8. The first-order valence-corrected chi connectivity index (χ1v) is 10.4. The van der Waals surface area contributed by atoms with Gasteiger partial charge in [-0.1, -0.05) is 45.0 Å². The van der Waals surface area contributed by atoms with Gasteiger partial charge in [-0.05, 0) is 16.5 Å². The molecule has 1 aromatic carbocycles. The van der Waals surface area contributed by atoms with Crippen molar-refractivity contribution in [1.82, 2.24) is 10.3 Å². The summed E-state index contributed by atoms with van der Waals surface area (Å²) in [5, 5.41) is 4.07. The van der Waals surface area contributed by atoms with Gasteiger partial charge in [-0.3, -0.25) is 4.79 Å². The van der Waals surface area contributed by atoms with E-state index in [0.717, 1.165) is 37.1 Å². The molecule has 0 saturated carbocycles. The van der Waals surface area contributed by atoms with Gasteiger partial charge in [0.05, 0.1) is 25.5 Å². The summed E-state index contributed by atoms with van der Waals surface area (Å²) in [6.07, 6.45) is 0.479. The van der Waals surface area contributed by atoms with Crippen molar-refractivity contribution in [2.24, 2.45) is 0 Å². The van der Waals surface area contributed by atoms with Crippen molar-refractivity contribution in [3.8, 4) is 0 Å². The largest absolute Gasteiger partial charge is 0.378 e. The summed E-state index contributed by atoms with van der Waals surface area (Å²) in [6, 6.07) is 8.76. The van der Waals surface area contributed by atoms with Crippen LogP contribution in [0, 0.1) is 0 Å². The number of anilines is 1. The van der Waals surface area contributed by atoms with Crippen LogP contribution in [0.1, 0.15) is 54.8 Å². The van der Waals surface area contributed by atoms with Crippen LogP contribution in [0.4, 0.5) is 5.13 Å². The number of ether oxygens (including phenoxy) is 1. The maximum atomic E-state index is 12.3. The molecule has 1 fully saturated rings. The molecule has 6 heteroatoms. The fourth-order valence-corrected chi connectivity index (χ4v) is 4.92. The molecule has 2 aromatic rings. The number of fused-ring (bicyclic) bond motifs is 1. The molecule has 2 aliphatic rings. The van der Waals surface area contributed by atoms with E-state index in [9.17, 15) is 4.79 Å². The Hall–Kier alpha value is -1.92. The van der Waals surface area contributed by atoms with Crippen LogP contribution in [0.15, 0.2) is 24.3 Å². The number of benzene rings is 1. The van der Waals surface area contributed by atoms with Gasteiger partial charge in [0.2, 0.25) is 5.91 Å². The van der Waals surface area contributed by atoms with E-state index in [4.69, 9.17) is 9.72 Å². The lowest BCUT2D eigenvalue weighted by Gasteiger charge is -2.26. The van der Waals surface area contributed by atoms with Crippen LogP contribution in [-0.2, 0) is 21.5 Å². The highest BCUT2D eigenvalue weighted by atomic mass is 32.1. The van der Waals surface area contributed by atoms with Gasteiger partial charge in [0.15, 0.2) is 5.13 Å². The lowest BCUT2D eigenvalue weighted by molar-refractivity contribution is -0.121. The van der Waals surface area contributed by atoms with Crippen LogP contribution in [0.25, 0.3) is 0 Å². The summed E-state index contributed by atoms with van der Waals surface area (Å²) in [5.41, 5.74) is 3.64. The fraction of sp³-hybridized carbons (Fsp3) is 0.524. The van der Waals surface area contributed by atoms with Crippen LogP contribution >= 0.6 is 11.3 Å². The van der Waals surface area contributed by atoms with E-state index in [1.165, 1.54) is 16.0 Å². The van der Waals surface area contributed by atoms with Gasteiger partial charge in [0, 0.05) is 30.3 Å². The number of aromatic nitrogens is 1. The summed E-state index contributed by atoms with van der Waals surface area (Å²) in [6.45, 7) is 10.4. The number of carbonyl (C=O) groups excluding carboxylic acids is 1. The Morgan fingerprint density at radius 2 is 1.89 bits per heavy atom. The zero-order valence-corrected chi connectivity index (χ0v) is 17.1. The minimum Gasteiger partial charge on any atom is -0.378 e. The molecule has 1 amide bonds. The number of nitrogens with zero attached hydrogens (tertiary/aromatic N) is 2. The molecule has 5 nitrogen and oxygen atoms in total. The maximum Gasteiger partial charge on any atom is 0.221 e. The quantitative estimate of drug-likeness (QED) is 0.861. The first kappa shape index (κ1) is 18.4. The second-order valence-electron chi connectivity index (χ2n) is 8.31. The van der Waals surface area contributed by atoms with Gasteiger partial charge in [-0.2, -0.15) is 0 Å². The minimum absolute atomic E-state index is 0.0730. The van der Waals surface area contributed by atoms with E-state index in [-0.39, 0.29) is 17.2 Å². The Morgan fingerprint density at radius 3 is 2.56 bits per heavy atom. The molecule has 1 aromatic heterocycles. The first-order chi connectivity index (χ1) is 12.9. The van der Waals surface area contributed by atoms with E-state index in [0.29, 0.717) is 13.0 Å². The third-order valence-corrected chi connectivity index (χ3v) is 6.61. The number of hydrogen-bond donors (Lipinski definition) is 1. The summed E-state index contributed by atoms with van der Waals surface area (Å²) in [5.74, 6) is 0.168. The average molecular weight is 386 g/mol. The third kappa shape index (κ3) is 3.87. The highest BCUT2D eigenvalue weighted by Crippen LogP contribution is 2.40. The number of thiazole rings is 1. The molecule has 2 aliphatic heterocycles. The van der Waals surface area contributed by atoms with Crippen molar-refractivity contribution in [2.45, 2.75) is 45.1 Å². The molecule has 4 rings (SSSR count). The Balaban J connectivity index is 1.68. The average Bonchev–Trinajstić information content (AvgIpc) is 3.02. The molecule has 0 aliphatic carbocycles. The van der Waals surface area contributed by atoms with Gasteiger partial charge in [0.25, 0.3) is 0 Å². The standard InChI is InChI=1S/C21H27N3O2S/c1-21(2,3)15-6-4-14(5-7-15)16-12-18(25)22-13-17-19(16)27-20(23-17)24-8-10-26-11-9-24/h4-7,16H,8-13H2,1-3H3,(H,22,25). The van der Waals surface area contributed by atoms with Crippen molar-refractivity contribution in [1.29, 1.82) is 0 Å². The number of amides is 1. The van der Waals surface area contributed by atoms with E-state index in [1.807, 2.05) is 0 Å². The van der Waals surface area contributed by atoms with Crippen molar-refractivity contribution >= 4 is 22.4 Å². The summed E-state index contributed by atoms with van der Waals surface area (Å²) in [7, 11) is 0. The van der Waals surface area contributed by atoms with Crippen LogP contribution in [0.2, 0.25) is 0 Å². The minimum atomic E-state index is 0.0730. The Labute approximate surface area is 164 Å². The predicted molar refractivity (Wildman–Crippen MR) is 109 cm³/mol. The van der Waals surface area contributed by atoms with Crippen molar-refractivity contribution in [3.63, 3.8) is 0 Å². The molecular formula is C21H27N3O2S. The Morgan fingerprint density at radius 1 is 1.19 bits per heavy atom. The van der Waals surface area contributed by atoms with E-state index in [1.54, 1.807) is 11.3 Å². The summed E-state index contributed by atoms with van der Waals surface area (Å²) >= 11 is 1.74. The third-order valence-electron chi connectivity index (χ3n) is 5.34. The molecule has 1 unspecified atom stereocenters. The smallest absolute Gasteiger partial charge is 0.221 e.